The van der Waals surface area contributed by atoms with E-state index in [0.717, 1.165) is 31.8 Å². The summed E-state index contributed by atoms with van der Waals surface area (Å²) in [5.74, 6) is 0.624. The van der Waals surface area contributed by atoms with Gasteiger partial charge in [-0.05, 0) is 29.7 Å². The number of benzene rings is 1. The average Bonchev–Trinajstić information content (AvgIpc) is 2.23. The Morgan fingerprint density at radius 3 is 2.61 bits per heavy atom. The summed E-state index contributed by atoms with van der Waals surface area (Å²) < 4.78 is 5.15. The monoisotopic (exact) mass is 270 g/mol. The Morgan fingerprint density at radius 1 is 1.33 bits per heavy atom. The topological polar surface area (TPSA) is 38.5 Å². The number of rotatable bonds is 7. The van der Waals surface area contributed by atoms with Crippen molar-refractivity contribution in [3.8, 4) is 0 Å². The lowest BCUT2D eigenvalue weighted by Gasteiger charge is -2.24. The first-order valence-corrected chi connectivity index (χ1v) is 6.65. The van der Waals surface area contributed by atoms with Gasteiger partial charge in [0.05, 0.1) is 6.61 Å². The van der Waals surface area contributed by atoms with Crippen LogP contribution in [0.5, 0.6) is 0 Å². The molecule has 0 unspecified atom stereocenters. The molecule has 18 heavy (non-hydrogen) atoms. The van der Waals surface area contributed by atoms with Crippen molar-refractivity contribution in [1.82, 2.24) is 4.90 Å². The first kappa shape index (κ1) is 15.3. The summed E-state index contributed by atoms with van der Waals surface area (Å²) in [5, 5.41) is 0.696. The summed E-state index contributed by atoms with van der Waals surface area (Å²) in [6.07, 6.45) is 0. The number of halogens is 1. The van der Waals surface area contributed by atoms with Gasteiger partial charge < -0.3 is 10.5 Å². The second-order valence-corrected chi connectivity index (χ2v) is 5.45. The van der Waals surface area contributed by atoms with E-state index in [2.05, 4.69) is 18.7 Å². The molecule has 0 aromatic heterocycles. The van der Waals surface area contributed by atoms with Crippen LogP contribution >= 0.6 is 11.6 Å². The first-order valence-electron chi connectivity index (χ1n) is 6.27. The normalized spacial score (nSPS) is 11.4. The predicted octanol–water partition coefficient (Wildman–Crippen LogP) is 3.03. The molecule has 0 saturated heterocycles. The molecule has 0 saturated carbocycles. The second-order valence-electron chi connectivity index (χ2n) is 5.01. The molecule has 0 atom stereocenters. The molecule has 0 aliphatic rings. The number of nitrogens with two attached hydrogens (primary N) is 1. The Labute approximate surface area is 115 Å². The SMILES string of the molecule is COCCN(Cc1cc(N)cc(Cl)c1)CC(C)C. The largest absolute Gasteiger partial charge is 0.399 e. The molecule has 2 N–H and O–H groups in total. The average molecular weight is 271 g/mol. The van der Waals surface area contributed by atoms with Crippen molar-refractivity contribution in [2.75, 3.05) is 32.5 Å². The van der Waals surface area contributed by atoms with Gasteiger partial charge in [0, 0.05) is 37.5 Å². The Morgan fingerprint density at radius 2 is 2.06 bits per heavy atom. The summed E-state index contributed by atoms with van der Waals surface area (Å²) in [6.45, 7) is 7.98. The smallest absolute Gasteiger partial charge is 0.0589 e. The fourth-order valence-corrected chi connectivity index (χ4v) is 2.26. The van der Waals surface area contributed by atoms with Crippen LogP contribution in [0.3, 0.4) is 0 Å². The molecule has 1 aromatic rings. The summed E-state index contributed by atoms with van der Waals surface area (Å²) in [4.78, 5) is 2.36. The van der Waals surface area contributed by atoms with E-state index < -0.39 is 0 Å². The van der Waals surface area contributed by atoms with E-state index in [1.807, 2.05) is 12.1 Å². The minimum atomic E-state index is 0.624. The van der Waals surface area contributed by atoms with Crippen molar-refractivity contribution in [2.45, 2.75) is 20.4 Å². The summed E-state index contributed by atoms with van der Waals surface area (Å²) in [7, 11) is 1.73. The van der Waals surface area contributed by atoms with Crippen LogP contribution in [-0.2, 0) is 11.3 Å². The third-order valence-electron chi connectivity index (χ3n) is 2.62. The van der Waals surface area contributed by atoms with Crippen molar-refractivity contribution < 1.29 is 4.74 Å². The molecule has 102 valence electrons. The van der Waals surface area contributed by atoms with Gasteiger partial charge in [-0.3, -0.25) is 4.90 Å². The van der Waals surface area contributed by atoms with Crippen LogP contribution < -0.4 is 5.73 Å². The minimum Gasteiger partial charge on any atom is -0.399 e. The van der Waals surface area contributed by atoms with Crippen molar-refractivity contribution in [3.05, 3.63) is 28.8 Å². The molecule has 0 aliphatic carbocycles. The third kappa shape index (κ3) is 5.71. The Bertz CT molecular complexity index is 349. The van der Waals surface area contributed by atoms with Gasteiger partial charge in [-0.15, -0.1) is 0 Å². The van der Waals surface area contributed by atoms with E-state index in [9.17, 15) is 0 Å². The summed E-state index contributed by atoms with van der Waals surface area (Å²) >= 11 is 6.02. The van der Waals surface area contributed by atoms with Crippen molar-refractivity contribution >= 4 is 17.3 Å². The van der Waals surface area contributed by atoms with Gasteiger partial charge in [-0.2, -0.15) is 0 Å². The molecule has 0 heterocycles. The van der Waals surface area contributed by atoms with Gasteiger partial charge in [0.2, 0.25) is 0 Å². The molecular weight excluding hydrogens is 248 g/mol. The lowest BCUT2D eigenvalue weighted by atomic mass is 10.1. The van der Waals surface area contributed by atoms with Crippen LogP contribution in [-0.4, -0.2) is 31.7 Å². The molecule has 0 amide bonds. The van der Waals surface area contributed by atoms with Crippen LogP contribution in [0, 0.1) is 5.92 Å². The molecule has 0 fully saturated rings. The zero-order valence-electron chi connectivity index (χ0n) is 11.4. The second kappa shape index (κ2) is 7.62. The highest BCUT2D eigenvalue weighted by Gasteiger charge is 2.09. The zero-order chi connectivity index (χ0) is 13.5. The van der Waals surface area contributed by atoms with E-state index in [-0.39, 0.29) is 0 Å². The zero-order valence-corrected chi connectivity index (χ0v) is 12.2. The van der Waals surface area contributed by atoms with Crippen LogP contribution in [0.1, 0.15) is 19.4 Å². The maximum atomic E-state index is 6.02. The van der Waals surface area contributed by atoms with E-state index in [1.165, 1.54) is 0 Å². The lowest BCUT2D eigenvalue weighted by molar-refractivity contribution is 0.136. The molecule has 0 radical (unpaired) electrons. The molecule has 0 aliphatic heterocycles. The van der Waals surface area contributed by atoms with Crippen LogP contribution in [0.25, 0.3) is 0 Å². The molecule has 0 bridgehead atoms. The van der Waals surface area contributed by atoms with Crippen LogP contribution in [0.4, 0.5) is 5.69 Å². The van der Waals surface area contributed by atoms with E-state index in [4.69, 9.17) is 22.1 Å². The predicted molar refractivity (Wildman–Crippen MR) is 77.9 cm³/mol. The van der Waals surface area contributed by atoms with E-state index in [1.54, 1.807) is 13.2 Å². The molecule has 0 spiro atoms. The Hall–Kier alpha value is -0.770. The maximum Gasteiger partial charge on any atom is 0.0589 e. The van der Waals surface area contributed by atoms with Gasteiger partial charge >= 0.3 is 0 Å². The standard InChI is InChI=1S/C14H23ClN2O/c1-11(2)9-17(4-5-18-3)10-12-6-13(15)8-14(16)7-12/h6-8,11H,4-5,9-10,16H2,1-3H3. The number of ether oxygens (including phenoxy) is 1. The highest BCUT2D eigenvalue weighted by molar-refractivity contribution is 6.30. The highest BCUT2D eigenvalue weighted by atomic mass is 35.5. The fraction of sp³-hybridized carbons (Fsp3) is 0.571. The molecule has 4 heteroatoms. The summed E-state index contributed by atoms with van der Waals surface area (Å²) in [6, 6.07) is 5.72. The van der Waals surface area contributed by atoms with Crippen LogP contribution in [0.2, 0.25) is 5.02 Å². The summed E-state index contributed by atoms with van der Waals surface area (Å²) in [5.41, 5.74) is 7.68. The highest BCUT2D eigenvalue weighted by Crippen LogP contribution is 2.18. The van der Waals surface area contributed by atoms with Crippen LogP contribution in [0.15, 0.2) is 18.2 Å². The van der Waals surface area contributed by atoms with Crippen molar-refractivity contribution in [3.63, 3.8) is 0 Å². The van der Waals surface area contributed by atoms with Gasteiger partial charge in [0.25, 0.3) is 0 Å². The van der Waals surface area contributed by atoms with Crippen molar-refractivity contribution in [1.29, 1.82) is 0 Å². The molecule has 1 aromatic carbocycles. The van der Waals surface area contributed by atoms with Gasteiger partial charge in [0.15, 0.2) is 0 Å². The number of anilines is 1. The van der Waals surface area contributed by atoms with E-state index in [0.29, 0.717) is 16.6 Å². The molecule has 3 nitrogen and oxygen atoms in total. The number of hydrogen-bond acceptors (Lipinski definition) is 3. The van der Waals surface area contributed by atoms with Gasteiger partial charge in [0.1, 0.15) is 0 Å². The number of methoxy groups -OCH3 is 1. The van der Waals surface area contributed by atoms with Gasteiger partial charge in [-0.1, -0.05) is 25.4 Å². The van der Waals surface area contributed by atoms with Gasteiger partial charge in [-0.25, -0.2) is 0 Å². The molecule has 1 rings (SSSR count). The third-order valence-corrected chi connectivity index (χ3v) is 2.84. The lowest BCUT2D eigenvalue weighted by Crippen LogP contribution is -2.30. The Kier molecular flexibility index (Phi) is 6.47. The quantitative estimate of drug-likeness (QED) is 0.774. The number of nitrogens with zero attached hydrogens (tertiary/aromatic N) is 1. The molecular formula is C14H23ClN2O. The van der Waals surface area contributed by atoms with Crippen molar-refractivity contribution in [2.24, 2.45) is 5.92 Å². The fourth-order valence-electron chi connectivity index (χ4n) is 2.00. The number of nitrogen functional groups attached to an aromatic ring is 1. The maximum absolute atomic E-state index is 6.02. The Balaban J connectivity index is 2.68. The number of hydrogen-bond donors (Lipinski definition) is 1. The van der Waals surface area contributed by atoms with E-state index >= 15 is 0 Å². The minimum absolute atomic E-state index is 0.624. The first-order chi connectivity index (χ1) is 8.51.